The van der Waals surface area contributed by atoms with Crippen LogP contribution in [0.5, 0.6) is 0 Å². The molecule has 0 spiro atoms. The van der Waals surface area contributed by atoms with Crippen LogP contribution in [-0.4, -0.2) is 29.4 Å². The smallest absolute Gasteiger partial charge is 0.240 e. The number of nitrogens with zero attached hydrogens (tertiary/aromatic N) is 3. The number of aromatic nitrogens is 3. The summed E-state index contributed by atoms with van der Waals surface area (Å²) in [4.78, 5) is 3.55. The average molecular weight is 161 g/mol. The van der Waals surface area contributed by atoms with Gasteiger partial charge in [0.15, 0.2) is 0 Å². The van der Waals surface area contributed by atoms with Crippen molar-refractivity contribution >= 4 is 9.84 Å². The van der Waals surface area contributed by atoms with Crippen LogP contribution in [0.25, 0.3) is 0 Å². The van der Waals surface area contributed by atoms with Crippen molar-refractivity contribution in [2.75, 3.05) is 6.26 Å². The summed E-state index contributed by atoms with van der Waals surface area (Å²) >= 11 is 0. The molecule has 0 aliphatic carbocycles. The summed E-state index contributed by atoms with van der Waals surface area (Å²) in [5, 5.41) is 3.60. The Morgan fingerprint density at radius 2 is 2.20 bits per heavy atom. The van der Waals surface area contributed by atoms with Crippen molar-refractivity contribution in [3.8, 4) is 0 Å². The average Bonchev–Trinajstić information content (AvgIpc) is 2.11. The maximum Gasteiger partial charge on any atom is 0.245 e. The lowest BCUT2D eigenvalue weighted by Crippen LogP contribution is -2.06. The van der Waals surface area contributed by atoms with E-state index in [4.69, 9.17) is 0 Å². The van der Waals surface area contributed by atoms with Gasteiger partial charge >= 0.3 is 0 Å². The fraction of sp³-hybridized carbons (Fsp3) is 0.500. The predicted molar refractivity (Wildman–Crippen MR) is 34.1 cm³/mol. The molecule has 0 radical (unpaired) electrons. The minimum atomic E-state index is -3.20. The molecule has 0 fully saturated rings. The van der Waals surface area contributed by atoms with Crippen LogP contribution in [0, 0.1) is 0 Å². The van der Waals surface area contributed by atoms with E-state index in [1.54, 1.807) is 0 Å². The maximum absolute atomic E-state index is 10.8. The molecule has 0 saturated heterocycles. The highest BCUT2D eigenvalue weighted by Crippen LogP contribution is 1.99. The van der Waals surface area contributed by atoms with Crippen LogP contribution in [0.2, 0.25) is 0 Å². The van der Waals surface area contributed by atoms with Gasteiger partial charge < -0.3 is 0 Å². The molecule has 0 aromatic carbocycles. The first-order valence-electron chi connectivity index (χ1n) is 2.56. The van der Waals surface area contributed by atoms with Gasteiger partial charge in [-0.05, 0) is 0 Å². The highest BCUT2D eigenvalue weighted by atomic mass is 32.2. The Kier molecular flexibility index (Phi) is 1.47. The van der Waals surface area contributed by atoms with Crippen molar-refractivity contribution in [1.82, 2.24) is 14.8 Å². The molecule has 0 N–H and O–H groups in total. The van der Waals surface area contributed by atoms with Gasteiger partial charge in [0.2, 0.25) is 15.0 Å². The van der Waals surface area contributed by atoms with Gasteiger partial charge in [-0.1, -0.05) is 0 Å². The number of aryl methyl sites for hydroxylation is 1. The van der Waals surface area contributed by atoms with Crippen LogP contribution in [0.3, 0.4) is 0 Å². The molecular formula is C4H7N3O2S. The molecule has 0 aliphatic heterocycles. The third-order valence-corrected chi connectivity index (χ3v) is 2.03. The quantitative estimate of drug-likeness (QED) is 0.542. The fourth-order valence-corrected chi connectivity index (χ4v) is 1.39. The van der Waals surface area contributed by atoms with Crippen molar-refractivity contribution in [3.05, 3.63) is 6.33 Å². The SMILES string of the molecule is Cn1ncnc1S(C)(=O)=O. The van der Waals surface area contributed by atoms with Crippen LogP contribution in [0.15, 0.2) is 11.5 Å². The Morgan fingerprint density at radius 3 is 2.40 bits per heavy atom. The largest absolute Gasteiger partial charge is 0.245 e. The van der Waals surface area contributed by atoms with Crippen molar-refractivity contribution in [3.63, 3.8) is 0 Å². The first kappa shape index (κ1) is 7.20. The minimum Gasteiger partial charge on any atom is -0.240 e. The zero-order valence-electron chi connectivity index (χ0n) is 5.64. The van der Waals surface area contributed by atoms with E-state index in [2.05, 4.69) is 10.1 Å². The van der Waals surface area contributed by atoms with E-state index < -0.39 is 9.84 Å². The Bertz CT molecular complexity index is 326. The van der Waals surface area contributed by atoms with E-state index in [1.165, 1.54) is 18.1 Å². The van der Waals surface area contributed by atoms with E-state index in [0.717, 1.165) is 6.26 Å². The molecule has 0 aliphatic rings. The number of sulfone groups is 1. The van der Waals surface area contributed by atoms with E-state index in [1.807, 2.05) is 0 Å². The van der Waals surface area contributed by atoms with Crippen molar-refractivity contribution < 1.29 is 8.42 Å². The van der Waals surface area contributed by atoms with E-state index in [0.29, 0.717) is 0 Å². The molecule has 1 heterocycles. The summed E-state index contributed by atoms with van der Waals surface area (Å²) in [7, 11) is -1.67. The summed E-state index contributed by atoms with van der Waals surface area (Å²) in [6.45, 7) is 0. The van der Waals surface area contributed by atoms with Crippen molar-refractivity contribution in [2.45, 2.75) is 5.16 Å². The van der Waals surface area contributed by atoms with Gasteiger partial charge in [-0.2, -0.15) is 5.10 Å². The fourth-order valence-electron chi connectivity index (χ4n) is 0.621. The molecule has 6 heteroatoms. The first-order valence-corrected chi connectivity index (χ1v) is 4.45. The second-order valence-corrected chi connectivity index (χ2v) is 3.85. The van der Waals surface area contributed by atoms with Gasteiger partial charge in [0, 0.05) is 13.3 Å². The van der Waals surface area contributed by atoms with Crippen molar-refractivity contribution in [2.24, 2.45) is 7.05 Å². The lowest BCUT2D eigenvalue weighted by Gasteiger charge is -1.93. The van der Waals surface area contributed by atoms with Gasteiger partial charge in [0.25, 0.3) is 0 Å². The Labute approximate surface area is 58.6 Å². The summed E-state index contributed by atoms with van der Waals surface area (Å²) in [5.74, 6) is 0. The monoisotopic (exact) mass is 161 g/mol. The van der Waals surface area contributed by atoms with Crippen molar-refractivity contribution in [1.29, 1.82) is 0 Å². The molecule has 0 atom stereocenters. The van der Waals surface area contributed by atoms with Crippen LogP contribution in [-0.2, 0) is 16.9 Å². The third kappa shape index (κ3) is 1.15. The first-order chi connectivity index (χ1) is 4.52. The lowest BCUT2D eigenvalue weighted by molar-refractivity contribution is 0.575. The predicted octanol–water partition coefficient (Wildman–Crippen LogP) is -0.781. The van der Waals surface area contributed by atoms with E-state index >= 15 is 0 Å². The summed E-state index contributed by atoms with van der Waals surface area (Å²) in [5.41, 5.74) is 0. The van der Waals surface area contributed by atoms with Crippen LogP contribution in [0.4, 0.5) is 0 Å². The molecule has 1 rings (SSSR count). The summed E-state index contributed by atoms with van der Waals surface area (Å²) < 4.78 is 22.8. The molecule has 0 amide bonds. The summed E-state index contributed by atoms with van der Waals surface area (Å²) in [6, 6.07) is 0. The Morgan fingerprint density at radius 1 is 1.60 bits per heavy atom. The topological polar surface area (TPSA) is 64.8 Å². The molecule has 5 nitrogen and oxygen atoms in total. The van der Waals surface area contributed by atoms with E-state index in [9.17, 15) is 8.42 Å². The molecule has 1 aromatic heterocycles. The van der Waals surface area contributed by atoms with E-state index in [-0.39, 0.29) is 5.16 Å². The second-order valence-electron chi connectivity index (χ2n) is 1.94. The molecule has 56 valence electrons. The molecule has 0 bridgehead atoms. The van der Waals surface area contributed by atoms with Gasteiger partial charge in [-0.15, -0.1) is 0 Å². The zero-order chi connectivity index (χ0) is 7.78. The molecule has 10 heavy (non-hydrogen) atoms. The normalized spacial score (nSPS) is 11.8. The zero-order valence-corrected chi connectivity index (χ0v) is 6.46. The highest BCUT2D eigenvalue weighted by Gasteiger charge is 2.12. The standard InChI is InChI=1S/C4H7N3O2S/c1-7-4(5-3-6-7)10(2,8)9/h3H,1-2H3. The number of hydrogen-bond donors (Lipinski definition) is 0. The minimum absolute atomic E-state index is 0.00694. The van der Waals surface area contributed by atoms with Gasteiger partial charge in [0.05, 0.1) is 0 Å². The lowest BCUT2D eigenvalue weighted by atomic mass is 11.2. The van der Waals surface area contributed by atoms with Crippen LogP contribution in [0.1, 0.15) is 0 Å². The Hall–Kier alpha value is -0.910. The summed E-state index contributed by atoms with van der Waals surface area (Å²) in [6.07, 6.45) is 2.30. The highest BCUT2D eigenvalue weighted by molar-refractivity contribution is 7.90. The maximum atomic E-state index is 10.8. The molecule has 0 unspecified atom stereocenters. The second kappa shape index (κ2) is 2.05. The van der Waals surface area contributed by atoms with Gasteiger partial charge in [0.1, 0.15) is 6.33 Å². The number of hydrogen-bond acceptors (Lipinski definition) is 4. The molecule has 1 aromatic rings. The molecule has 0 saturated carbocycles. The van der Waals surface area contributed by atoms with Gasteiger partial charge in [-0.3, -0.25) is 0 Å². The van der Waals surface area contributed by atoms with Crippen LogP contribution < -0.4 is 0 Å². The van der Waals surface area contributed by atoms with Gasteiger partial charge in [-0.25, -0.2) is 18.1 Å². The van der Waals surface area contributed by atoms with Crippen LogP contribution >= 0.6 is 0 Å². The third-order valence-electron chi connectivity index (χ3n) is 1.00. The Balaban J connectivity index is 3.32. The molecular weight excluding hydrogens is 154 g/mol. The number of rotatable bonds is 1.